The lowest BCUT2D eigenvalue weighted by molar-refractivity contribution is -0.137. The first-order valence-electron chi connectivity index (χ1n) is 6.23. The Morgan fingerprint density at radius 2 is 1.90 bits per heavy atom. The number of carboxylic acid groups (broad SMARTS) is 1. The number of carbonyl (C=O) groups excluding carboxylic acids is 1. The van der Waals surface area contributed by atoms with E-state index in [1.807, 2.05) is 19.0 Å². The molecule has 0 fully saturated rings. The van der Waals surface area contributed by atoms with Crippen LogP contribution >= 0.6 is 0 Å². The Hall–Kier alpha value is -1.95. The Kier molecular flexibility index (Phi) is 5.64. The molecule has 1 aromatic carbocycles. The monoisotopic (exact) mass is 282 g/mol. The summed E-state index contributed by atoms with van der Waals surface area (Å²) in [5.41, 5.74) is 0.604. The van der Waals surface area contributed by atoms with Gasteiger partial charge in [-0.3, -0.25) is 9.59 Å². The molecule has 20 heavy (non-hydrogen) atoms. The van der Waals surface area contributed by atoms with Crippen molar-refractivity contribution in [2.24, 2.45) is 0 Å². The zero-order valence-corrected chi connectivity index (χ0v) is 11.9. The number of hydrogen-bond donors (Lipinski definition) is 1. The third kappa shape index (κ3) is 4.62. The highest BCUT2D eigenvalue weighted by molar-refractivity contribution is 5.96. The summed E-state index contributed by atoms with van der Waals surface area (Å²) in [5.74, 6) is -2.35. The van der Waals surface area contributed by atoms with E-state index in [4.69, 9.17) is 5.11 Å². The molecule has 1 rings (SSSR count). The van der Waals surface area contributed by atoms with Crippen LogP contribution in [0, 0.1) is 12.7 Å². The second-order valence-electron chi connectivity index (χ2n) is 4.91. The Bertz CT molecular complexity index is 503. The first kappa shape index (κ1) is 16.1. The van der Waals surface area contributed by atoms with Gasteiger partial charge in [-0.25, -0.2) is 4.39 Å². The minimum Gasteiger partial charge on any atom is -0.480 e. The molecule has 1 N–H and O–H groups in total. The Morgan fingerprint density at radius 3 is 2.40 bits per heavy atom. The van der Waals surface area contributed by atoms with Gasteiger partial charge in [0.1, 0.15) is 12.4 Å². The van der Waals surface area contributed by atoms with Crippen molar-refractivity contribution >= 4 is 11.9 Å². The highest BCUT2D eigenvalue weighted by Crippen LogP contribution is 2.12. The number of benzene rings is 1. The number of aliphatic carboxylic acids is 1. The minimum absolute atomic E-state index is 0.101. The molecule has 0 saturated carbocycles. The van der Waals surface area contributed by atoms with Crippen LogP contribution in [0.4, 0.5) is 4.39 Å². The SMILES string of the molecule is Cc1ccc(C(=O)N(CCN(C)C)CC(=O)O)c(F)c1. The van der Waals surface area contributed by atoms with Gasteiger partial charge in [0.25, 0.3) is 5.91 Å². The number of amides is 1. The van der Waals surface area contributed by atoms with Gasteiger partial charge in [0.2, 0.25) is 0 Å². The quantitative estimate of drug-likeness (QED) is 0.852. The fourth-order valence-corrected chi connectivity index (χ4v) is 1.70. The zero-order valence-electron chi connectivity index (χ0n) is 11.9. The highest BCUT2D eigenvalue weighted by Gasteiger charge is 2.21. The summed E-state index contributed by atoms with van der Waals surface area (Å²) in [6, 6.07) is 4.27. The number of carbonyl (C=O) groups is 2. The van der Waals surface area contributed by atoms with E-state index in [-0.39, 0.29) is 12.1 Å². The van der Waals surface area contributed by atoms with Crippen LogP contribution in [-0.4, -0.2) is 60.5 Å². The molecule has 0 unspecified atom stereocenters. The molecule has 0 aliphatic rings. The van der Waals surface area contributed by atoms with E-state index in [9.17, 15) is 14.0 Å². The van der Waals surface area contributed by atoms with Crippen molar-refractivity contribution in [2.45, 2.75) is 6.92 Å². The highest BCUT2D eigenvalue weighted by atomic mass is 19.1. The number of likely N-dealkylation sites (N-methyl/N-ethyl adjacent to an activating group) is 1. The van der Waals surface area contributed by atoms with Crippen LogP contribution in [0.2, 0.25) is 0 Å². The Labute approximate surface area is 117 Å². The van der Waals surface area contributed by atoms with Crippen LogP contribution in [0.1, 0.15) is 15.9 Å². The number of hydrogen-bond acceptors (Lipinski definition) is 3. The van der Waals surface area contributed by atoms with E-state index in [0.717, 1.165) is 4.90 Å². The molecule has 6 heteroatoms. The number of carboxylic acids is 1. The molecule has 1 amide bonds. The van der Waals surface area contributed by atoms with E-state index < -0.39 is 24.2 Å². The van der Waals surface area contributed by atoms with Crippen LogP contribution in [-0.2, 0) is 4.79 Å². The van der Waals surface area contributed by atoms with E-state index in [2.05, 4.69) is 0 Å². The second kappa shape index (κ2) is 7.00. The van der Waals surface area contributed by atoms with Gasteiger partial charge >= 0.3 is 5.97 Å². The molecule has 1 aromatic rings. The third-order valence-corrected chi connectivity index (χ3v) is 2.79. The summed E-state index contributed by atoms with van der Waals surface area (Å²) < 4.78 is 13.8. The maximum atomic E-state index is 13.8. The molecule has 0 aliphatic heterocycles. The van der Waals surface area contributed by atoms with Gasteiger partial charge in [-0.05, 0) is 38.7 Å². The number of halogens is 1. The molecule has 0 spiro atoms. The fourth-order valence-electron chi connectivity index (χ4n) is 1.70. The number of nitrogens with zero attached hydrogens (tertiary/aromatic N) is 2. The van der Waals surface area contributed by atoms with Crippen molar-refractivity contribution in [1.82, 2.24) is 9.80 Å². The van der Waals surface area contributed by atoms with Gasteiger partial charge in [-0.2, -0.15) is 0 Å². The normalized spacial score (nSPS) is 10.7. The standard InChI is InChI=1S/C14H19FN2O3/c1-10-4-5-11(12(15)8-10)14(20)17(9-13(18)19)7-6-16(2)3/h4-5,8H,6-7,9H2,1-3H3,(H,18,19). The molecule has 0 aromatic heterocycles. The Balaban J connectivity index is 2.93. The van der Waals surface area contributed by atoms with E-state index in [0.29, 0.717) is 12.1 Å². The maximum Gasteiger partial charge on any atom is 0.323 e. The van der Waals surface area contributed by atoms with E-state index >= 15 is 0 Å². The molecule has 0 heterocycles. The van der Waals surface area contributed by atoms with Gasteiger partial charge in [-0.15, -0.1) is 0 Å². The molecule has 0 saturated heterocycles. The maximum absolute atomic E-state index is 13.8. The summed E-state index contributed by atoms with van der Waals surface area (Å²) in [5, 5.41) is 8.86. The molecule has 0 radical (unpaired) electrons. The molecular weight excluding hydrogens is 263 g/mol. The van der Waals surface area contributed by atoms with Crippen molar-refractivity contribution in [3.8, 4) is 0 Å². The smallest absolute Gasteiger partial charge is 0.323 e. The molecule has 0 aliphatic carbocycles. The lowest BCUT2D eigenvalue weighted by atomic mass is 10.1. The molecule has 110 valence electrons. The lowest BCUT2D eigenvalue weighted by Crippen LogP contribution is -2.40. The lowest BCUT2D eigenvalue weighted by Gasteiger charge is -2.23. The topological polar surface area (TPSA) is 60.9 Å². The third-order valence-electron chi connectivity index (χ3n) is 2.79. The van der Waals surface area contributed by atoms with Crippen molar-refractivity contribution in [3.05, 3.63) is 35.1 Å². The molecule has 0 bridgehead atoms. The van der Waals surface area contributed by atoms with Gasteiger partial charge in [0.15, 0.2) is 0 Å². The average molecular weight is 282 g/mol. The van der Waals surface area contributed by atoms with Crippen LogP contribution < -0.4 is 0 Å². The fraction of sp³-hybridized carbons (Fsp3) is 0.429. The minimum atomic E-state index is -1.12. The first-order chi connectivity index (χ1) is 9.31. The van der Waals surface area contributed by atoms with E-state index in [1.54, 1.807) is 13.0 Å². The summed E-state index contributed by atoms with van der Waals surface area (Å²) >= 11 is 0. The van der Waals surface area contributed by atoms with Crippen molar-refractivity contribution < 1.29 is 19.1 Å². The molecule has 5 nitrogen and oxygen atoms in total. The predicted molar refractivity (Wildman–Crippen MR) is 73.2 cm³/mol. The average Bonchev–Trinajstić information content (AvgIpc) is 2.33. The van der Waals surface area contributed by atoms with Crippen LogP contribution in [0.25, 0.3) is 0 Å². The van der Waals surface area contributed by atoms with Crippen molar-refractivity contribution in [3.63, 3.8) is 0 Å². The summed E-state index contributed by atoms with van der Waals surface area (Å²) in [4.78, 5) is 26.0. The predicted octanol–water partition coefficient (Wildman–Crippen LogP) is 1.22. The molecule has 0 atom stereocenters. The van der Waals surface area contributed by atoms with Gasteiger partial charge in [0, 0.05) is 13.1 Å². The summed E-state index contributed by atoms with van der Waals surface area (Å²) in [6.07, 6.45) is 0. The summed E-state index contributed by atoms with van der Waals surface area (Å²) in [7, 11) is 3.63. The van der Waals surface area contributed by atoms with Crippen LogP contribution in [0.5, 0.6) is 0 Å². The first-order valence-corrected chi connectivity index (χ1v) is 6.23. The molecular formula is C14H19FN2O3. The zero-order chi connectivity index (χ0) is 15.3. The number of rotatable bonds is 6. The Morgan fingerprint density at radius 1 is 1.25 bits per heavy atom. The number of aryl methyl sites for hydroxylation is 1. The van der Waals surface area contributed by atoms with Crippen molar-refractivity contribution in [1.29, 1.82) is 0 Å². The van der Waals surface area contributed by atoms with Crippen LogP contribution in [0.3, 0.4) is 0 Å². The second-order valence-corrected chi connectivity index (χ2v) is 4.91. The van der Waals surface area contributed by atoms with Gasteiger partial charge in [0.05, 0.1) is 5.56 Å². The van der Waals surface area contributed by atoms with E-state index in [1.165, 1.54) is 12.1 Å². The summed E-state index contributed by atoms with van der Waals surface area (Å²) in [6.45, 7) is 2.01. The largest absolute Gasteiger partial charge is 0.480 e. The van der Waals surface area contributed by atoms with Gasteiger partial charge in [-0.1, -0.05) is 6.07 Å². The van der Waals surface area contributed by atoms with Crippen molar-refractivity contribution in [2.75, 3.05) is 33.7 Å². The van der Waals surface area contributed by atoms with Crippen LogP contribution in [0.15, 0.2) is 18.2 Å². The van der Waals surface area contributed by atoms with Gasteiger partial charge < -0.3 is 14.9 Å².